The summed E-state index contributed by atoms with van der Waals surface area (Å²) in [4.78, 5) is 22.8. The lowest BCUT2D eigenvalue weighted by Gasteiger charge is -2.22. The fourth-order valence-corrected chi connectivity index (χ4v) is 3.68. The largest absolute Gasteiger partial charge is 0.480 e. The van der Waals surface area contributed by atoms with Gasteiger partial charge < -0.3 is 10.4 Å². The van der Waals surface area contributed by atoms with Gasteiger partial charge in [0.05, 0.1) is 0 Å². The lowest BCUT2D eigenvalue weighted by molar-refractivity contribution is -0.149. The molecule has 2 bridgehead atoms. The molecule has 0 aromatic carbocycles. The highest BCUT2D eigenvalue weighted by Crippen LogP contribution is 2.49. The molecule has 2 N–H and O–H groups in total. The van der Waals surface area contributed by atoms with Crippen molar-refractivity contribution in [3.8, 4) is 0 Å². The number of carbonyl (C=O) groups is 2. The Hall–Kier alpha value is -1.06. The van der Waals surface area contributed by atoms with E-state index < -0.39 is 11.4 Å². The zero-order valence-corrected chi connectivity index (χ0v) is 9.95. The maximum absolute atomic E-state index is 11.8. The first kappa shape index (κ1) is 11.1. The first-order chi connectivity index (χ1) is 8.12. The highest BCUT2D eigenvalue weighted by Gasteiger charge is 2.57. The number of hydrogen-bond acceptors (Lipinski definition) is 2. The lowest BCUT2D eigenvalue weighted by atomic mass is 9.88. The van der Waals surface area contributed by atoms with Crippen molar-refractivity contribution in [3.05, 3.63) is 0 Å². The third kappa shape index (κ3) is 1.74. The summed E-state index contributed by atoms with van der Waals surface area (Å²) < 4.78 is 0. The average molecular weight is 237 g/mol. The molecule has 0 aromatic rings. The summed E-state index contributed by atoms with van der Waals surface area (Å²) in [6.07, 6.45) is 6.22. The van der Waals surface area contributed by atoms with E-state index in [1.165, 1.54) is 25.7 Å². The van der Waals surface area contributed by atoms with Gasteiger partial charge in [0, 0.05) is 6.54 Å². The quantitative estimate of drug-likeness (QED) is 0.726. The summed E-state index contributed by atoms with van der Waals surface area (Å²) in [5, 5.41) is 11.9. The van der Waals surface area contributed by atoms with Crippen molar-refractivity contribution in [1.82, 2.24) is 5.32 Å². The van der Waals surface area contributed by atoms with E-state index in [1.807, 2.05) is 0 Å². The number of fused-ring (bicyclic) bond motifs is 2. The molecule has 0 spiro atoms. The topological polar surface area (TPSA) is 66.4 Å². The Kier molecular flexibility index (Phi) is 2.42. The van der Waals surface area contributed by atoms with Crippen LogP contribution in [0.15, 0.2) is 0 Å². The number of rotatable bonds is 4. The minimum absolute atomic E-state index is 0.257. The highest BCUT2D eigenvalue weighted by atomic mass is 16.4. The fourth-order valence-electron chi connectivity index (χ4n) is 3.68. The number of hydrogen-bond donors (Lipinski definition) is 2. The van der Waals surface area contributed by atoms with E-state index in [0.717, 1.165) is 11.8 Å². The second kappa shape index (κ2) is 3.72. The molecule has 4 heteroatoms. The molecule has 3 rings (SSSR count). The third-order valence-electron chi connectivity index (χ3n) is 5.00. The van der Waals surface area contributed by atoms with Crippen LogP contribution in [0.1, 0.15) is 38.5 Å². The smallest absolute Gasteiger partial charge is 0.319 e. The summed E-state index contributed by atoms with van der Waals surface area (Å²) in [6.45, 7) is 0.690. The number of aliphatic carboxylic acids is 1. The minimum atomic E-state index is -1.07. The van der Waals surface area contributed by atoms with Crippen molar-refractivity contribution in [1.29, 1.82) is 0 Å². The Morgan fingerprint density at radius 3 is 2.47 bits per heavy atom. The molecule has 0 radical (unpaired) electrons. The predicted octanol–water partition coefficient (Wildman–Crippen LogP) is 1.40. The number of amides is 1. The number of nitrogens with one attached hydrogen (secondary N) is 1. The molecule has 3 fully saturated rings. The van der Waals surface area contributed by atoms with Crippen molar-refractivity contribution < 1.29 is 14.7 Å². The summed E-state index contributed by atoms with van der Waals surface area (Å²) >= 11 is 0. The van der Waals surface area contributed by atoms with Gasteiger partial charge in [-0.3, -0.25) is 9.59 Å². The summed E-state index contributed by atoms with van der Waals surface area (Å²) in [5.41, 5.74) is -1.07. The van der Waals surface area contributed by atoms with Crippen LogP contribution < -0.4 is 5.32 Å². The molecule has 1 amide bonds. The van der Waals surface area contributed by atoms with Gasteiger partial charge in [0.25, 0.3) is 0 Å². The van der Waals surface area contributed by atoms with Gasteiger partial charge in [-0.2, -0.15) is 0 Å². The van der Waals surface area contributed by atoms with Gasteiger partial charge in [-0.05, 0) is 49.9 Å². The van der Waals surface area contributed by atoms with E-state index in [4.69, 9.17) is 5.11 Å². The SMILES string of the molecule is O=C(O)C1(C(=O)NCC2CC3CCC2C3)CC1. The molecule has 17 heavy (non-hydrogen) atoms. The van der Waals surface area contributed by atoms with E-state index in [9.17, 15) is 9.59 Å². The Bertz CT molecular complexity index is 362. The number of carboxylic acids is 1. The van der Waals surface area contributed by atoms with Gasteiger partial charge in [-0.25, -0.2) is 0 Å². The molecule has 0 heterocycles. The average Bonchev–Trinajstić information content (AvgIpc) is 2.88. The Morgan fingerprint density at radius 1 is 1.24 bits per heavy atom. The third-order valence-corrected chi connectivity index (χ3v) is 5.00. The van der Waals surface area contributed by atoms with Crippen LogP contribution in [0.5, 0.6) is 0 Å². The van der Waals surface area contributed by atoms with Crippen LogP contribution in [0.25, 0.3) is 0 Å². The zero-order valence-electron chi connectivity index (χ0n) is 9.95. The van der Waals surface area contributed by atoms with Gasteiger partial charge in [0.15, 0.2) is 0 Å². The predicted molar refractivity (Wildman–Crippen MR) is 61.3 cm³/mol. The van der Waals surface area contributed by atoms with Crippen LogP contribution >= 0.6 is 0 Å². The van der Waals surface area contributed by atoms with Gasteiger partial charge in [-0.15, -0.1) is 0 Å². The Balaban J connectivity index is 1.52. The molecule has 4 nitrogen and oxygen atoms in total. The first-order valence-electron chi connectivity index (χ1n) is 6.63. The summed E-state index contributed by atoms with van der Waals surface area (Å²) in [5.74, 6) is 1.04. The lowest BCUT2D eigenvalue weighted by Crippen LogP contribution is -2.40. The minimum Gasteiger partial charge on any atom is -0.480 e. The van der Waals surface area contributed by atoms with Crippen LogP contribution in [-0.2, 0) is 9.59 Å². The second-order valence-corrected chi connectivity index (χ2v) is 6.03. The molecule has 3 saturated carbocycles. The molecule has 3 aliphatic carbocycles. The maximum atomic E-state index is 11.8. The van der Waals surface area contributed by atoms with E-state index in [2.05, 4.69) is 5.32 Å². The van der Waals surface area contributed by atoms with Gasteiger partial charge >= 0.3 is 5.97 Å². The van der Waals surface area contributed by atoms with Gasteiger partial charge in [-0.1, -0.05) is 6.42 Å². The maximum Gasteiger partial charge on any atom is 0.319 e. The molecular formula is C13H19NO3. The van der Waals surface area contributed by atoms with Crippen molar-refractivity contribution in [3.63, 3.8) is 0 Å². The van der Waals surface area contributed by atoms with E-state index in [-0.39, 0.29) is 5.91 Å². The number of carboxylic acid groups (broad SMARTS) is 1. The normalized spacial score (nSPS) is 36.8. The summed E-state index contributed by atoms with van der Waals surface area (Å²) in [6, 6.07) is 0. The second-order valence-electron chi connectivity index (χ2n) is 6.03. The van der Waals surface area contributed by atoms with E-state index in [1.54, 1.807) is 0 Å². The Morgan fingerprint density at radius 2 is 2.00 bits per heavy atom. The molecule has 0 saturated heterocycles. The summed E-state index contributed by atoms with van der Waals surface area (Å²) in [7, 11) is 0. The Labute approximate surface area is 101 Å². The molecule has 3 aliphatic rings. The molecule has 0 aliphatic heterocycles. The van der Waals surface area contributed by atoms with Crippen molar-refractivity contribution in [2.24, 2.45) is 23.2 Å². The van der Waals surface area contributed by atoms with Gasteiger partial charge in [0.1, 0.15) is 5.41 Å². The fraction of sp³-hybridized carbons (Fsp3) is 0.846. The number of carbonyl (C=O) groups excluding carboxylic acids is 1. The first-order valence-corrected chi connectivity index (χ1v) is 6.63. The van der Waals surface area contributed by atoms with Crippen LogP contribution in [-0.4, -0.2) is 23.5 Å². The van der Waals surface area contributed by atoms with Crippen molar-refractivity contribution in [2.75, 3.05) is 6.54 Å². The molecule has 94 valence electrons. The van der Waals surface area contributed by atoms with E-state index in [0.29, 0.717) is 25.3 Å². The van der Waals surface area contributed by atoms with E-state index >= 15 is 0 Å². The standard InChI is InChI=1S/C13H19NO3/c15-11(13(3-4-13)12(16)17)14-7-10-6-8-1-2-9(10)5-8/h8-10H,1-7H2,(H,14,15)(H,16,17). The van der Waals surface area contributed by atoms with Crippen LogP contribution in [0.2, 0.25) is 0 Å². The molecule has 3 atom stereocenters. The van der Waals surface area contributed by atoms with Crippen LogP contribution in [0, 0.1) is 23.2 Å². The van der Waals surface area contributed by atoms with Crippen molar-refractivity contribution in [2.45, 2.75) is 38.5 Å². The van der Waals surface area contributed by atoms with Crippen LogP contribution in [0.3, 0.4) is 0 Å². The van der Waals surface area contributed by atoms with Crippen LogP contribution in [0.4, 0.5) is 0 Å². The molecule has 0 aromatic heterocycles. The highest BCUT2D eigenvalue weighted by molar-refractivity contribution is 6.04. The molecular weight excluding hydrogens is 218 g/mol. The molecule has 3 unspecified atom stereocenters. The monoisotopic (exact) mass is 237 g/mol. The van der Waals surface area contributed by atoms with Gasteiger partial charge in [0.2, 0.25) is 5.91 Å². The van der Waals surface area contributed by atoms with Crippen molar-refractivity contribution >= 4 is 11.9 Å². The zero-order chi connectivity index (χ0) is 12.0.